The highest BCUT2D eigenvalue weighted by Crippen LogP contribution is 2.37. The van der Waals surface area contributed by atoms with Crippen molar-refractivity contribution < 1.29 is 9.59 Å². The van der Waals surface area contributed by atoms with Crippen molar-refractivity contribution in [2.45, 2.75) is 6.92 Å². The largest absolute Gasteiger partial charge is 0.370 e. The van der Waals surface area contributed by atoms with Gasteiger partial charge >= 0.3 is 0 Å². The van der Waals surface area contributed by atoms with E-state index in [-0.39, 0.29) is 23.7 Å². The Morgan fingerprint density at radius 1 is 0.783 bits per heavy atom. The Balaban J connectivity index is 1.59. The maximum Gasteiger partial charge on any atom is 0.239 e. The molecule has 0 aliphatic carbocycles. The van der Waals surface area contributed by atoms with Crippen LogP contribution in [0.3, 0.4) is 0 Å². The van der Waals surface area contributed by atoms with Crippen LogP contribution in [-0.4, -0.2) is 24.9 Å². The van der Waals surface area contributed by atoms with E-state index in [9.17, 15) is 9.59 Å². The van der Waals surface area contributed by atoms with Crippen LogP contribution < -0.4 is 9.80 Å². The smallest absolute Gasteiger partial charge is 0.239 e. The van der Waals surface area contributed by atoms with Gasteiger partial charge in [-0.2, -0.15) is 0 Å². The van der Waals surface area contributed by atoms with Gasteiger partial charge < -0.3 is 4.90 Å². The van der Waals surface area contributed by atoms with E-state index in [1.165, 1.54) is 4.90 Å². The first-order valence-electron chi connectivity index (χ1n) is 7.89. The number of carbonyl (C=O) groups excluding carboxylic acids is 2. The Hall–Kier alpha value is -2.62. The van der Waals surface area contributed by atoms with E-state index in [0.29, 0.717) is 18.8 Å². The second-order valence-corrected chi connectivity index (χ2v) is 6.30. The molecule has 2 fully saturated rings. The molecular formula is C19H18N2O2. The van der Waals surface area contributed by atoms with Crippen molar-refractivity contribution >= 4 is 23.2 Å². The molecule has 2 heterocycles. The van der Waals surface area contributed by atoms with Crippen LogP contribution in [0.2, 0.25) is 0 Å². The molecule has 0 bridgehead atoms. The number of carbonyl (C=O) groups is 2. The highest BCUT2D eigenvalue weighted by atomic mass is 16.2. The van der Waals surface area contributed by atoms with Gasteiger partial charge in [0.1, 0.15) is 0 Å². The first kappa shape index (κ1) is 14.0. The third-order valence-electron chi connectivity index (χ3n) is 4.81. The summed E-state index contributed by atoms with van der Waals surface area (Å²) in [5.41, 5.74) is 2.87. The number of hydrogen-bond donors (Lipinski definition) is 0. The van der Waals surface area contributed by atoms with Crippen molar-refractivity contribution in [2.24, 2.45) is 11.8 Å². The van der Waals surface area contributed by atoms with E-state index >= 15 is 0 Å². The number of nitrogens with zero attached hydrogens (tertiary/aromatic N) is 2. The monoisotopic (exact) mass is 306 g/mol. The summed E-state index contributed by atoms with van der Waals surface area (Å²) < 4.78 is 0. The molecule has 2 aromatic carbocycles. The van der Waals surface area contributed by atoms with Crippen LogP contribution in [0.25, 0.3) is 0 Å². The molecule has 4 nitrogen and oxygen atoms in total. The van der Waals surface area contributed by atoms with Crippen molar-refractivity contribution in [1.82, 2.24) is 0 Å². The average Bonchev–Trinajstić information content (AvgIpc) is 3.11. The molecule has 2 aromatic rings. The summed E-state index contributed by atoms with van der Waals surface area (Å²) in [6, 6.07) is 17.5. The van der Waals surface area contributed by atoms with Crippen molar-refractivity contribution in [3.63, 3.8) is 0 Å². The number of imide groups is 1. The zero-order valence-corrected chi connectivity index (χ0v) is 13.0. The molecule has 2 unspecified atom stereocenters. The molecule has 2 saturated heterocycles. The van der Waals surface area contributed by atoms with Gasteiger partial charge in [0, 0.05) is 18.8 Å². The van der Waals surface area contributed by atoms with Crippen LogP contribution in [0.5, 0.6) is 0 Å². The molecule has 0 N–H and O–H groups in total. The van der Waals surface area contributed by atoms with E-state index in [0.717, 1.165) is 11.3 Å². The molecule has 0 spiro atoms. The van der Waals surface area contributed by atoms with Crippen LogP contribution in [0.1, 0.15) is 5.56 Å². The van der Waals surface area contributed by atoms with E-state index in [1.807, 2.05) is 61.5 Å². The lowest BCUT2D eigenvalue weighted by Gasteiger charge is -2.22. The molecule has 0 saturated carbocycles. The summed E-state index contributed by atoms with van der Waals surface area (Å²) in [6.07, 6.45) is 0. The highest BCUT2D eigenvalue weighted by molar-refractivity contribution is 6.22. The quantitative estimate of drug-likeness (QED) is 0.801. The van der Waals surface area contributed by atoms with Crippen LogP contribution in [-0.2, 0) is 9.59 Å². The second-order valence-electron chi connectivity index (χ2n) is 6.30. The first-order chi connectivity index (χ1) is 11.1. The minimum absolute atomic E-state index is 0.0673. The standard InChI is InChI=1S/C19H18N2O2/c1-13-7-9-15(10-8-13)21-18(22)16-11-20(12-17(16)19(21)23)14-5-3-2-4-6-14/h2-10,16-17H,11-12H2,1H3. The molecule has 23 heavy (non-hydrogen) atoms. The number of benzene rings is 2. The lowest BCUT2D eigenvalue weighted by Crippen LogP contribution is -2.36. The Kier molecular flexibility index (Phi) is 3.18. The molecule has 116 valence electrons. The Morgan fingerprint density at radius 3 is 1.91 bits per heavy atom. The zero-order valence-electron chi connectivity index (χ0n) is 13.0. The zero-order chi connectivity index (χ0) is 16.0. The number of fused-ring (bicyclic) bond motifs is 1. The number of aryl methyl sites for hydroxylation is 1. The SMILES string of the molecule is Cc1ccc(N2C(=O)C3CN(c4ccccc4)CC3C2=O)cc1. The molecule has 2 aliphatic heterocycles. The number of hydrogen-bond acceptors (Lipinski definition) is 3. The normalized spacial score (nSPS) is 23.5. The van der Waals surface area contributed by atoms with E-state index < -0.39 is 0 Å². The third kappa shape index (κ3) is 2.22. The van der Waals surface area contributed by atoms with Gasteiger partial charge in [0.15, 0.2) is 0 Å². The van der Waals surface area contributed by atoms with Gasteiger partial charge in [-0.3, -0.25) is 9.59 Å². The van der Waals surface area contributed by atoms with Crippen LogP contribution in [0.15, 0.2) is 54.6 Å². The minimum Gasteiger partial charge on any atom is -0.370 e. The Morgan fingerprint density at radius 2 is 1.35 bits per heavy atom. The predicted octanol–water partition coefficient (Wildman–Crippen LogP) is 2.62. The average molecular weight is 306 g/mol. The van der Waals surface area contributed by atoms with Gasteiger partial charge in [0.05, 0.1) is 17.5 Å². The predicted molar refractivity (Wildman–Crippen MR) is 89.3 cm³/mol. The first-order valence-corrected chi connectivity index (χ1v) is 7.89. The Labute approximate surface area is 135 Å². The van der Waals surface area contributed by atoms with Crippen LogP contribution in [0.4, 0.5) is 11.4 Å². The van der Waals surface area contributed by atoms with Crippen LogP contribution >= 0.6 is 0 Å². The minimum atomic E-state index is -0.232. The molecule has 0 radical (unpaired) electrons. The van der Waals surface area contributed by atoms with Crippen molar-refractivity contribution in [3.05, 3.63) is 60.2 Å². The summed E-state index contributed by atoms with van der Waals surface area (Å²) in [4.78, 5) is 29.0. The highest BCUT2D eigenvalue weighted by Gasteiger charge is 2.52. The van der Waals surface area contributed by atoms with Crippen molar-refractivity contribution in [1.29, 1.82) is 0 Å². The molecular weight excluding hydrogens is 288 g/mol. The van der Waals surface area contributed by atoms with Gasteiger partial charge in [0.2, 0.25) is 11.8 Å². The van der Waals surface area contributed by atoms with E-state index in [2.05, 4.69) is 4.90 Å². The van der Waals surface area contributed by atoms with Crippen LogP contribution in [0, 0.1) is 18.8 Å². The topological polar surface area (TPSA) is 40.6 Å². The third-order valence-corrected chi connectivity index (χ3v) is 4.81. The van der Waals surface area contributed by atoms with Gasteiger partial charge in [0.25, 0.3) is 0 Å². The number of amides is 2. The molecule has 2 aliphatic rings. The molecule has 4 heteroatoms. The van der Waals surface area contributed by atoms with Crippen molar-refractivity contribution in [3.8, 4) is 0 Å². The van der Waals surface area contributed by atoms with Gasteiger partial charge in [-0.1, -0.05) is 35.9 Å². The summed E-state index contributed by atoms with van der Waals surface area (Å²) in [6.45, 7) is 3.22. The maximum absolute atomic E-state index is 12.7. The lowest BCUT2D eigenvalue weighted by atomic mass is 10.00. The Bertz CT molecular complexity index is 731. The summed E-state index contributed by atoms with van der Waals surface area (Å²) in [5, 5.41) is 0. The number of anilines is 2. The maximum atomic E-state index is 12.7. The summed E-state index contributed by atoms with van der Waals surface area (Å²) >= 11 is 0. The lowest BCUT2D eigenvalue weighted by molar-refractivity contribution is -0.122. The molecule has 2 amide bonds. The fourth-order valence-corrected chi connectivity index (χ4v) is 3.54. The van der Waals surface area contributed by atoms with E-state index in [1.54, 1.807) is 0 Å². The molecule has 0 aromatic heterocycles. The summed E-state index contributed by atoms with van der Waals surface area (Å²) in [7, 11) is 0. The fourth-order valence-electron chi connectivity index (χ4n) is 3.54. The van der Waals surface area contributed by atoms with Gasteiger partial charge in [-0.15, -0.1) is 0 Å². The van der Waals surface area contributed by atoms with Gasteiger partial charge in [-0.05, 0) is 31.2 Å². The number of para-hydroxylation sites is 1. The molecule has 2 atom stereocenters. The summed E-state index contributed by atoms with van der Waals surface area (Å²) in [5.74, 6) is -0.599. The van der Waals surface area contributed by atoms with Crippen molar-refractivity contribution in [2.75, 3.05) is 22.9 Å². The second kappa shape index (κ2) is 5.23. The molecule has 4 rings (SSSR count). The fraction of sp³-hybridized carbons (Fsp3) is 0.263. The number of rotatable bonds is 2. The van der Waals surface area contributed by atoms with E-state index in [4.69, 9.17) is 0 Å². The van der Waals surface area contributed by atoms with Gasteiger partial charge in [-0.25, -0.2) is 4.90 Å².